The molecule has 0 radical (unpaired) electrons. The molecule has 1 N–H and O–H groups in total. The summed E-state index contributed by atoms with van der Waals surface area (Å²) < 4.78 is 36.1. The summed E-state index contributed by atoms with van der Waals surface area (Å²) in [5.74, 6) is -0.199. The summed E-state index contributed by atoms with van der Waals surface area (Å²) in [6.45, 7) is 2.47. The number of nitrogens with zero attached hydrogens (tertiary/aromatic N) is 1. The minimum absolute atomic E-state index is 0.0220. The van der Waals surface area contributed by atoms with Gasteiger partial charge in [0.2, 0.25) is 0 Å². The molecule has 2 amide bonds. The normalized spacial score (nSPS) is 20.2. The number of sulfone groups is 1. The van der Waals surface area contributed by atoms with E-state index in [-0.39, 0.29) is 35.9 Å². The highest BCUT2D eigenvalue weighted by molar-refractivity contribution is 7.91. The van der Waals surface area contributed by atoms with E-state index in [1.807, 2.05) is 6.92 Å². The molecule has 1 aromatic carbocycles. The highest BCUT2D eigenvalue weighted by Crippen LogP contribution is 2.17. The van der Waals surface area contributed by atoms with Crippen LogP contribution in [0.5, 0.6) is 0 Å². The first kappa shape index (κ1) is 15.8. The first-order chi connectivity index (χ1) is 9.91. The second kappa shape index (κ2) is 6.43. The largest absolute Gasteiger partial charge is 0.334 e. The fourth-order valence-electron chi connectivity index (χ4n) is 2.51. The van der Waals surface area contributed by atoms with Crippen LogP contribution in [-0.2, 0) is 16.4 Å². The lowest BCUT2D eigenvalue weighted by molar-refractivity contribution is 0.183. The van der Waals surface area contributed by atoms with Gasteiger partial charge in [0.05, 0.1) is 11.5 Å². The number of hydrogen-bond acceptors (Lipinski definition) is 3. The third-order valence-electron chi connectivity index (χ3n) is 3.58. The maximum Gasteiger partial charge on any atom is 0.317 e. The predicted octanol–water partition coefficient (Wildman–Crippen LogP) is 1.54. The van der Waals surface area contributed by atoms with Gasteiger partial charge in [0.1, 0.15) is 5.82 Å². The van der Waals surface area contributed by atoms with Gasteiger partial charge < -0.3 is 10.2 Å². The van der Waals surface area contributed by atoms with Crippen LogP contribution >= 0.6 is 0 Å². The van der Waals surface area contributed by atoms with Gasteiger partial charge in [0, 0.05) is 19.1 Å². The van der Waals surface area contributed by atoms with Gasteiger partial charge in [-0.05, 0) is 31.0 Å². The van der Waals surface area contributed by atoms with Gasteiger partial charge in [0.15, 0.2) is 9.84 Å². The topological polar surface area (TPSA) is 66.5 Å². The van der Waals surface area contributed by atoms with Crippen LogP contribution in [-0.4, -0.2) is 43.4 Å². The standard InChI is InChI=1S/C14H19FN2O3S/c1-2-17(13-6-7-21(19,20)10-13)14(18)16-9-11-4-3-5-12(15)8-11/h3-5,8,13H,2,6-7,9-10H2,1H3,(H,16,18). The van der Waals surface area contributed by atoms with E-state index < -0.39 is 9.84 Å². The molecule has 0 bridgehead atoms. The van der Waals surface area contributed by atoms with Crippen LogP contribution in [0.15, 0.2) is 24.3 Å². The van der Waals surface area contributed by atoms with E-state index in [2.05, 4.69) is 5.32 Å². The molecule has 1 aliphatic rings. The Morgan fingerprint density at radius 1 is 1.48 bits per heavy atom. The zero-order valence-corrected chi connectivity index (χ0v) is 12.7. The second-order valence-corrected chi connectivity index (χ2v) is 7.36. The Morgan fingerprint density at radius 2 is 2.24 bits per heavy atom. The number of halogens is 1. The molecule has 0 spiro atoms. The lowest BCUT2D eigenvalue weighted by Crippen LogP contribution is -2.46. The Kier molecular flexibility index (Phi) is 4.82. The number of urea groups is 1. The Morgan fingerprint density at radius 3 is 2.81 bits per heavy atom. The molecule has 1 heterocycles. The van der Waals surface area contributed by atoms with Crippen LogP contribution in [0.25, 0.3) is 0 Å². The lowest BCUT2D eigenvalue weighted by Gasteiger charge is -2.27. The Labute approximate surface area is 124 Å². The van der Waals surface area contributed by atoms with Crippen molar-refractivity contribution < 1.29 is 17.6 Å². The number of amides is 2. The molecular formula is C14H19FN2O3S. The summed E-state index contributed by atoms with van der Waals surface area (Å²) in [4.78, 5) is 13.7. The molecule has 21 heavy (non-hydrogen) atoms. The first-order valence-corrected chi connectivity index (χ1v) is 8.73. The SMILES string of the molecule is CCN(C(=O)NCc1cccc(F)c1)C1CCS(=O)(=O)C1. The molecule has 116 valence electrons. The van der Waals surface area contributed by atoms with Crippen molar-refractivity contribution >= 4 is 15.9 Å². The smallest absolute Gasteiger partial charge is 0.317 e. The fraction of sp³-hybridized carbons (Fsp3) is 0.500. The summed E-state index contributed by atoms with van der Waals surface area (Å²) in [6, 6.07) is 5.41. The molecule has 0 saturated carbocycles. The average molecular weight is 314 g/mol. The van der Waals surface area contributed by atoms with Gasteiger partial charge in [-0.15, -0.1) is 0 Å². The Balaban J connectivity index is 1.95. The molecular weight excluding hydrogens is 295 g/mol. The van der Waals surface area contributed by atoms with Crippen molar-refractivity contribution in [1.82, 2.24) is 10.2 Å². The quantitative estimate of drug-likeness (QED) is 0.917. The highest BCUT2D eigenvalue weighted by atomic mass is 32.2. The molecule has 1 fully saturated rings. The van der Waals surface area contributed by atoms with Crippen molar-refractivity contribution in [3.63, 3.8) is 0 Å². The number of benzene rings is 1. The van der Waals surface area contributed by atoms with Crippen molar-refractivity contribution in [1.29, 1.82) is 0 Å². The summed E-state index contributed by atoms with van der Waals surface area (Å²) in [7, 11) is -3.03. The number of hydrogen-bond donors (Lipinski definition) is 1. The lowest BCUT2D eigenvalue weighted by atomic mass is 10.2. The van der Waals surface area contributed by atoms with Gasteiger partial charge in [-0.2, -0.15) is 0 Å². The van der Waals surface area contributed by atoms with E-state index in [9.17, 15) is 17.6 Å². The predicted molar refractivity (Wildman–Crippen MR) is 78.1 cm³/mol. The maximum absolute atomic E-state index is 13.1. The monoisotopic (exact) mass is 314 g/mol. The molecule has 7 heteroatoms. The van der Waals surface area contributed by atoms with E-state index >= 15 is 0 Å². The van der Waals surface area contributed by atoms with E-state index in [0.717, 1.165) is 0 Å². The van der Waals surface area contributed by atoms with Crippen LogP contribution in [0, 0.1) is 5.82 Å². The number of carbonyl (C=O) groups is 1. The van der Waals surface area contributed by atoms with Crippen molar-refractivity contribution in [2.24, 2.45) is 0 Å². The second-order valence-electron chi connectivity index (χ2n) is 5.13. The van der Waals surface area contributed by atoms with E-state index in [1.54, 1.807) is 12.1 Å². The van der Waals surface area contributed by atoms with Crippen molar-refractivity contribution in [3.05, 3.63) is 35.6 Å². The van der Waals surface area contributed by atoms with E-state index in [0.29, 0.717) is 18.5 Å². The van der Waals surface area contributed by atoms with Crippen molar-refractivity contribution in [2.45, 2.75) is 25.9 Å². The minimum atomic E-state index is -3.03. The van der Waals surface area contributed by atoms with Gasteiger partial charge in [0.25, 0.3) is 0 Å². The molecule has 0 aliphatic carbocycles. The van der Waals surface area contributed by atoms with Crippen LogP contribution in [0.4, 0.5) is 9.18 Å². The van der Waals surface area contributed by atoms with Gasteiger partial charge in [-0.3, -0.25) is 0 Å². The molecule has 1 saturated heterocycles. The number of nitrogens with one attached hydrogen (secondary N) is 1. The molecule has 1 unspecified atom stereocenters. The zero-order chi connectivity index (χ0) is 15.5. The molecule has 0 aromatic heterocycles. The number of carbonyl (C=O) groups excluding carboxylic acids is 1. The maximum atomic E-state index is 13.1. The fourth-order valence-corrected chi connectivity index (χ4v) is 4.25. The molecule has 2 rings (SSSR count). The van der Waals surface area contributed by atoms with Crippen LogP contribution in [0.1, 0.15) is 18.9 Å². The van der Waals surface area contributed by atoms with Gasteiger partial charge >= 0.3 is 6.03 Å². The zero-order valence-electron chi connectivity index (χ0n) is 11.9. The van der Waals surface area contributed by atoms with Crippen LogP contribution in [0.3, 0.4) is 0 Å². The summed E-state index contributed by atoms with van der Waals surface area (Å²) in [5, 5.41) is 2.71. The summed E-state index contributed by atoms with van der Waals surface area (Å²) in [5.41, 5.74) is 0.665. The van der Waals surface area contributed by atoms with Crippen LogP contribution < -0.4 is 5.32 Å². The summed E-state index contributed by atoms with van der Waals surface area (Å²) >= 11 is 0. The average Bonchev–Trinajstić information content (AvgIpc) is 2.77. The van der Waals surface area contributed by atoms with E-state index in [4.69, 9.17) is 0 Å². The Hall–Kier alpha value is -1.63. The molecule has 5 nitrogen and oxygen atoms in total. The highest BCUT2D eigenvalue weighted by Gasteiger charge is 2.33. The minimum Gasteiger partial charge on any atom is -0.334 e. The van der Waals surface area contributed by atoms with Crippen LogP contribution in [0.2, 0.25) is 0 Å². The van der Waals surface area contributed by atoms with Crippen molar-refractivity contribution in [3.8, 4) is 0 Å². The van der Waals surface area contributed by atoms with Gasteiger partial charge in [-0.1, -0.05) is 12.1 Å². The third kappa shape index (κ3) is 4.17. The number of rotatable bonds is 4. The third-order valence-corrected chi connectivity index (χ3v) is 5.33. The summed E-state index contributed by atoms with van der Waals surface area (Å²) in [6.07, 6.45) is 0.476. The van der Waals surface area contributed by atoms with Gasteiger partial charge in [-0.25, -0.2) is 17.6 Å². The Bertz CT molecular complexity index is 618. The molecule has 1 aromatic rings. The van der Waals surface area contributed by atoms with E-state index in [1.165, 1.54) is 17.0 Å². The molecule has 1 aliphatic heterocycles. The first-order valence-electron chi connectivity index (χ1n) is 6.90. The molecule has 1 atom stereocenters. The van der Waals surface area contributed by atoms with Crippen molar-refractivity contribution in [2.75, 3.05) is 18.1 Å².